The smallest absolute Gasteiger partial charge is 0.465 e. The predicted molar refractivity (Wildman–Crippen MR) is 225 cm³/mol. The molecule has 6 rings (SSSR count). The number of carbonyl (C=O) groups is 2. The quantitative estimate of drug-likeness (QED) is 0.0766. The Balaban J connectivity index is 0.000000223. The number of allylic oxidation sites excluding steroid dienone is 4. The molecule has 2 N–H and O–H groups in total. The normalized spacial score (nSPS) is 15.4. The van der Waals surface area contributed by atoms with Crippen LogP contribution in [0.25, 0.3) is 22.3 Å². The first-order chi connectivity index (χ1) is 29.5. The van der Waals surface area contributed by atoms with Gasteiger partial charge in [0.15, 0.2) is 0 Å². The van der Waals surface area contributed by atoms with Crippen LogP contribution in [-0.2, 0) is 31.9 Å². The summed E-state index contributed by atoms with van der Waals surface area (Å²) in [6, 6.07) is 12.9. The minimum atomic E-state index is -4.63. The number of benzene rings is 4. The number of halogens is 8. The van der Waals surface area contributed by atoms with E-state index in [1.807, 2.05) is 19.9 Å². The molecule has 9 nitrogen and oxygen atoms in total. The highest BCUT2D eigenvalue weighted by molar-refractivity contribution is 7.86. The van der Waals surface area contributed by atoms with Gasteiger partial charge in [-0.2, -0.15) is 34.8 Å². The Bertz CT molecular complexity index is 2560. The molecule has 0 heterocycles. The summed E-state index contributed by atoms with van der Waals surface area (Å²) in [6.07, 6.45) is -0.634. The Labute approximate surface area is 365 Å². The zero-order valence-electron chi connectivity index (χ0n) is 35.7. The molecule has 0 amide bonds. The molecule has 0 spiro atoms. The van der Waals surface area contributed by atoms with Crippen molar-refractivity contribution in [2.24, 2.45) is 10.8 Å². The second-order valence-corrected chi connectivity index (χ2v) is 17.7. The van der Waals surface area contributed by atoms with E-state index < -0.39 is 69.8 Å². The number of alkyl halides is 6. The van der Waals surface area contributed by atoms with Crippen LogP contribution < -0.4 is 9.65 Å². The molecular weight excluding hydrogens is 879 g/mol. The van der Waals surface area contributed by atoms with Crippen LogP contribution in [-0.4, -0.2) is 58.0 Å². The van der Waals surface area contributed by atoms with Gasteiger partial charge in [0.05, 0.1) is 42.7 Å². The van der Waals surface area contributed by atoms with E-state index in [1.54, 1.807) is 12.1 Å². The largest absolute Gasteiger partial charge is 0.491 e. The number of carbonyl (C=O) groups excluding carboxylic acids is 2. The fourth-order valence-corrected chi connectivity index (χ4v) is 7.69. The van der Waals surface area contributed by atoms with Gasteiger partial charge in [-0.3, -0.25) is 0 Å². The van der Waals surface area contributed by atoms with Crippen molar-refractivity contribution in [3.8, 4) is 16.9 Å². The zero-order chi connectivity index (χ0) is 48.2. The van der Waals surface area contributed by atoms with E-state index in [2.05, 4.69) is 19.9 Å². The fraction of sp³-hybridized carbons (Fsp3) is 0.333. The van der Waals surface area contributed by atoms with Gasteiger partial charge in [-0.1, -0.05) is 45.9 Å². The van der Waals surface area contributed by atoms with Gasteiger partial charge >= 0.3 is 41.5 Å². The van der Waals surface area contributed by atoms with Crippen molar-refractivity contribution < 1.29 is 76.8 Å². The van der Waals surface area contributed by atoms with E-state index in [9.17, 15) is 53.1 Å². The SMILES string of the molecule is COC(=O)c1ccc(-c2cc(C(F)(F)F)ccc2F)c(C2=CCCC2(C)C)c1.COC(=O)c1ccc(OS(C)(=O)=O)c(C2=CCCC2(C)C)c1.OB(O)c1cc(C(F)(F)F)ccc1F. The van der Waals surface area contributed by atoms with Crippen molar-refractivity contribution in [3.05, 3.63) is 130 Å². The maximum absolute atomic E-state index is 14.5. The van der Waals surface area contributed by atoms with Gasteiger partial charge < -0.3 is 23.7 Å². The number of rotatable bonds is 8. The Hall–Kier alpha value is -5.53. The lowest BCUT2D eigenvalue weighted by Crippen LogP contribution is -2.33. The fourth-order valence-electron chi connectivity index (χ4n) is 7.22. The number of hydrogen-bond donors (Lipinski definition) is 2. The molecule has 19 heteroatoms. The van der Waals surface area contributed by atoms with Gasteiger partial charge in [-0.25, -0.2) is 18.4 Å². The minimum Gasteiger partial charge on any atom is -0.465 e. The second kappa shape index (κ2) is 19.7. The Morgan fingerprint density at radius 2 is 1.08 bits per heavy atom. The molecule has 0 bridgehead atoms. The van der Waals surface area contributed by atoms with Crippen molar-refractivity contribution in [3.63, 3.8) is 0 Å². The first-order valence-electron chi connectivity index (χ1n) is 19.4. The van der Waals surface area contributed by atoms with Gasteiger partial charge in [0.1, 0.15) is 17.4 Å². The predicted octanol–water partition coefficient (Wildman–Crippen LogP) is 10.0. The Morgan fingerprint density at radius 3 is 1.52 bits per heavy atom. The number of ether oxygens (including phenoxy) is 2. The standard InChI is InChI=1S/C22H20F4O2.C16H20O5S.C7H5BF4O2/c1-21(2)10-4-5-18(21)16-11-13(20(27)28-3)6-8-15(16)17-12-14(22(24,25)26)7-9-19(17)23;1-16(2)9-5-6-13(16)12-10-11(15(17)20-3)7-8-14(12)21-22(4,18)19;9-6-2-1-4(7(10,11)12)3-5(6)8(13)14/h5-9,11-12H,4,10H2,1-3H3;6-8,10H,5,9H2,1-4H3;1-3,13-14H. The van der Waals surface area contributed by atoms with Crippen LogP contribution in [0.5, 0.6) is 5.75 Å². The molecule has 0 atom stereocenters. The molecule has 0 saturated heterocycles. The summed E-state index contributed by atoms with van der Waals surface area (Å²) in [6.45, 7) is 8.20. The van der Waals surface area contributed by atoms with Crippen LogP contribution in [0.3, 0.4) is 0 Å². The molecule has 2 aliphatic rings. The maximum atomic E-state index is 14.5. The molecule has 0 unspecified atom stereocenters. The Morgan fingerprint density at radius 1 is 0.625 bits per heavy atom. The van der Waals surface area contributed by atoms with E-state index in [0.29, 0.717) is 40.5 Å². The van der Waals surface area contributed by atoms with Gasteiger partial charge in [-0.05, 0) is 126 Å². The average molecular weight is 925 g/mol. The summed E-state index contributed by atoms with van der Waals surface area (Å²) < 4.78 is 140. The molecule has 4 aromatic rings. The van der Waals surface area contributed by atoms with E-state index >= 15 is 0 Å². The lowest BCUT2D eigenvalue weighted by Gasteiger charge is -2.25. The van der Waals surface area contributed by atoms with E-state index in [1.165, 1.54) is 38.5 Å². The molecule has 344 valence electrons. The number of hydrogen-bond acceptors (Lipinski definition) is 9. The molecular formula is C45H45BF8O9S. The van der Waals surface area contributed by atoms with Crippen molar-refractivity contribution in [1.82, 2.24) is 0 Å². The number of methoxy groups -OCH3 is 2. The van der Waals surface area contributed by atoms with Crippen LogP contribution >= 0.6 is 0 Å². The first kappa shape index (κ1) is 51.1. The highest BCUT2D eigenvalue weighted by Crippen LogP contribution is 2.49. The van der Waals surface area contributed by atoms with E-state index in [0.717, 1.165) is 61.3 Å². The van der Waals surface area contributed by atoms with Crippen LogP contribution in [0.15, 0.2) is 84.9 Å². The zero-order valence-corrected chi connectivity index (χ0v) is 36.5. The van der Waals surface area contributed by atoms with Crippen LogP contribution in [0.4, 0.5) is 35.1 Å². The van der Waals surface area contributed by atoms with Crippen molar-refractivity contribution in [1.29, 1.82) is 0 Å². The topological polar surface area (TPSA) is 136 Å². The highest BCUT2D eigenvalue weighted by atomic mass is 32.2. The number of esters is 2. The van der Waals surface area contributed by atoms with Gasteiger partial charge in [-0.15, -0.1) is 0 Å². The van der Waals surface area contributed by atoms with Gasteiger partial charge in [0.25, 0.3) is 0 Å². The molecule has 4 aromatic carbocycles. The third kappa shape index (κ3) is 12.6. The van der Waals surface area contributed by atoms with Crippen LogP contribution in [0, 0.1) is 22.5 Å². The summed E-state index contributed by atoms with van der Waals surface area (Å²) in [4.78, 5) is 23.7. The third-order valence-electron chi connectivity index (χ3n) is 10.5. The van der Waals surface area contributed by atoms with Gasteiger partial charge in [0.2, 0.25) is 0 Å². The third-order valence-corrected chi connectivity index (χ3v) is 11.0. The van der Waals surface area contributed by atoms with Crippen molar-refractivity contribution >= 4 is 45.8 Å². The Kier molecular flexibility index (Phi) is 15.7. The molecule has 2 aliphatic carbocycles. The molecule has 0 fully saturated rings. The van der Waals surface area contributed by atoms with E-state index in [4.69, 9.17) is 23.7 Å². The molecule has 0 aliphatic heterocycles. The second-order valence-electron chi connectivity index (χ2n) is 16.1. The summed E-state index contributed by atoms with van der Waals surface area (Å²) >= 11 is 0. The monoisotopic (exact) mass is 924 g/mol. The lowest BCUT2D eigenvalue weighted by atomic mass is 9.79. The minimum absolute atomic E-state index is 0.107. The maximum Gasteiger partial charge on any atom is 0.491 e. The van der Waals surface area contributed by atoms with E-state index in [-0.39, 0.29) is 27.7 Å². The molecule has 0 radical (unpaired) electrons. The van der Waals surface area contributed by atoms with Crippen LogP contribution in [0.1, 0.15) is 96.3 Å². The highest BCUT2D eigenvalue weighted by Gasteiger charge is 2.35. The summed E-state index contributed by atoms with van der Waals surface area (Å²) in [5, 5.41) is 17.1. The lowest BCUT2D eigenvalue weighted by molar-refractivity contribution is -0.138. The molecule has 64 heavy (non-hydrogen) atoms. The summed E-state index contributed by atoms with van der Waals surface area (Å²) in [7, 11) is -3.34. The van der Waals surface area contributed by atoms with Gasteiger partial charge in [0, 0.05) is 16.6 Å². The van der Waals surface area contributed by atoms with Crippen LogP contribution in [0.2, 0.25) is 0 Å². The average Bonchev–Trinajstić information content (AvgIpc) is 3.75. The van der Waals surface area contributed by atoms with Crippen molar-refractivity contribution in [2.45, 2.75) is 65.7 Å². The first-order valence-corrected chi connectivity index (χ1v) is 21.2. The summed E-state index contributed by atoms with van der Waals surface area (Å²) in [5.41, 5.74) is 0.627. The molecule has 0 saturated carbocycles. The molecule has 0 aromatic heterocycles. The van der Waals surface area contributed by atoms with Crippen molar-refractivity contribution in [2.75, 3.05) is 20.5 Å². The summed E-state index contributed by atoms with van der Waals surface area (Å²) in [5.74, 6) is -2.64.